The number of rotatable bonds is 3. The minimum absolute atomic E-state index is 0.509. The van der Waals surface area contributed by atoms with E-state index in [1.165, 1.54) is 35.6 Å². The summed E-state index contributed by atoms with van der Waals surface area (Å²) in [5.41, 5.74) is 1.82. The van der Waals surface area contributed by atoms with Crippen molar-refractivity contribution in [2.24, 2.45) is 5.41 Å². The van der Waals surface area contributed by atoms with E-state index in [1.807, 2.05) is 12.4 Å². The van der Waals surface area contributed by atoms with Gasteiger partial charge in [0.15, 0.2) is 0 Å². The third-order valence-electron chi connectivity index (χ3n) is 4.30. The number of aromatic nitrogens is 1. The van der Waals surface area contributed by atoms with Gasteiger partial charge in [0.2, 0.25) is 0 Å². The lowest BCUT2D eigenvalue weighted by molar-refractivity contribution is 0.364. The van der Waals surface area contributed by atoms with Crippen molar-refractivity contribution in [2.75, 3.05) is 0 Å². The maximum atomic E-state index is 4.35. The number of hydrogen-bond donors (Lipinski definition) is 1. The summed E-state index contributed by atoms with van der Waals surface area (Å²) in [5.74, 6) is 0. The van der Waals surface area contributed by atoms with Crippen molar-refractivity contribution in [1.29, 1.82) is 0 Å². The highest BCUT2D eigenvalue weighted by molar-refractivity contribution is 5.84. The maximum Gasteiger partial charge on any atom is 0.0346 e. The summed E-state index contributed by atoms with van der Waals surface area (Å²) in [6, 6.07) is 9.15. The van der Waals surface area contributed by atoms with Gasteiger partial charge in [-0.05, 0) is 35.6 Å². The lowest BCUT2D eigenvalue weighted by Crippen LogP contribution is -2.26. The van der Waals surface area contributed by atoms with Gasteiger partial charge in [0.1, 0.15) is 0 Å². The van der Waals surface area contributed by atoms with Gasteiger partial charge >= 0.3 is 0 Å². The van der Waals surface area contributed by atoms with Crippen LogP contribution in [-0.4, -0.2) is 11.0 Å². The van der Waals surface area contributed by atoms with Crippen molar-refractivity contribution < 1.29 is 0 Å². The van der Waals surface area contributed by atoms with Gasteiger partial charge < -0.3 is 5.32 Å². The van der Waals surface area contributed by atoms with Gasteiger partial charge in [-0.25, -0.2) is 0 Å². The molecule has 2 heteroatoms. The van der Waals surface area contributed by atoms with Crippen molar-refractivity contribution >= 4 is 10.8 Å². The summed E-state index contributed by atoms with van der Waals surface area (Å²) >= 11 is 0. The van der Waals surface area contributed by atoms with Gasteiger partial charge in [0.25, 0.3) is 0 Å². The maximum absolute atomic E-state index is 4.35. The molecule has 1 heterocycles. The van der Waals surface area contributed by atoms with E-state index in [1.54, 1.807) is 0 Å². The summed E-state index contributed by atoms with van der Waals surface area (Å²) in [6.45, 7) is 5.66. The Balaban J connectivity index is 1.72. The van der Waals surface area contributed by atoms with Crippen LogP contribution in [0.4, 0.5) is 0 Å². The molecule has 1 aliphatic carbocycles. The lowest BCUT2D eigenvalue weighted by atomic mass is 9.92. The van der Waals surface area contributed by atoms with E-state index < -0.39 is 0 Å². The highest BCUT2D eigenvalue weighted by Gasteiger charge is 2.30. The molecular weight excluding hydrogens is 232 g/mol. The quantitative estimate of drug-likeness (QED) is 0.898. The average molecular weight is 254 g/mol. The fourth-order valence-corrected chi connectivity index (χ4v) is 3.18. The van der Waals surface area contributed by atoms with Crippen molar-refractivity contribution in [3.8, 4) is 0 Å². The number of benzene rings is 1. The molecule has 1 unspecified atom stereocenters. The molecule has 19 heavy (non-hydrogen) atoms. The monoisotopic (exact) mass is 254 g/mol. The molecule has 1 aromatic heterocycles. The molecule has 1 saturated carbocycles. The number of fused-ring (bicyclic) bond motifs is 1. The first kappa shape index (κ1) is 12.6. The zero-order valence-electron chi connectivity index (χ0n) is 11.8. The molecule has 1 N–H and O–H groups in total. The summed E-state index contributed by atoms with van der Waals surface area (Å²) in [7, 11) is 0. The largest absolute Gasteiger partial charge is 0.310 e. The molecule has 0 radical (unpaired) electrons. The van der Waals surface area contributed by atoms with Crippen LogP contribution in [-0.2, 0) is 6.54 Å². The SMILES string of the molecule is CC1(C)CCC(NCc2cncc3ccccc23)C1. The number of hydrogen-bond acceptors (Lipinski definition) is 2. The molecule has 0 aliphatic heterocycles. The first-order chi connectivity index (χ1) is 9.14. The minimum atomic E-state index is 0.509. The van der Waals surface area contributed by atoms with Crippen LogP contribution in [0.1, 0.15) is 38.7 Å². The lowest BCUT2D eigenvalue weighted by Gasteiger charge is -2.18. The molecule has 0 spiro atoms. The molecule has 1 aliphatic rings. The second-order valence-corrected chi connectivity index (χ2v) is 6.50. The Kier molecular flexibility index (Phi) is 3.28. The number of nitrogens with zero attached hydrogens (tertiary/aromatic N) is 1. The summed E-state index contributed by atoms with van der Waals surface area (Å²) in [6.07, 6.45) is 7.85. The predicted octanol–water partition coefficient (Wildman–Crippen LogP) is 3.90. The van der Waals surface area contributed by atoms with Crippen LogP contribution >= 0.6 is 0 Å². The van der Waals surface area contributed by atoms with E-state index in [0.29, 0.717) is 11.5 Å². The third kappa shape index (κ3) is 2.79. The third-order valence-corrected chi connectivity index (χ3v) is 4.30. The molecular formula is C17H22N2. The number of nitrogens with one attached hydrogen (secondary N) is 1. The highest BCUT2D eigenvalue weighted by atomic mass is 14.9. The molecule has 0 bridgehead atoms. The van der Waals surface area contributed by atoms with Crippen molar-refractivity contribution in [2.45, 2.75) is 45.7 Å². The molecule has 3 rings (SSSR count). The standard InChI is InChI=1S/C17H22N2/c1-17(2)8-7-15(9-17)19-12-14-11-18-10-13-5-3-4-6-16(13)14/h3-6,10-11,15,19H,7-9,12H2,1-2H3. The van der Waals surface area contributed by atoms with Gasteiger partial charge in [-0.15, -0.1) is 0 Å². The van der Waals surface area contributed by atoms with Gasteiger partial charge in [0.05, 0.1) is 0 Å². The van der Waals surface area contributed by atoms with E-state index in [4.69, 9.17) is 0 Å². The minimum Gasteiger partial charge on any atom is -0.310 e. The van der Waals surface area contributed by atoms with E-state index in [2.05, 4.69) is 48.4 Å². The predicted molar refractivity (Wildman–Crippen MR) is 80.0 cm³/mol. The molecule has 0 saturated heterocycles. The van der Waals surface area contributed by atoms with Gasteiger partial charge in [-0.1, -0.05) is 38.1 Å². The molecule has 1 aromatic carbocycles. The molecule has 2 nitrogen and oxygen atoms in total. The van der Waals surface area contributed by atoms with Crippen LogP contribution in [0.5, 0.6) is 0 Å². The number of pyridine rings is 1. The fourth-order valence-electron chi connectivity index (χ4n) is 3.18. The van der Waals surface area contributed by atoms with Crippen LogP contribution in [0.3, 0.4) is 0 Å². The Morgan fingerprint density at radius 1 is 1.26 bits per heavy atom. The molecule has 1 fully saturated rings. The molecule has 100 valence electrons. The van der Waals surface area contributed by atoms with E-state index in [-0.39, 0.29) is 0 Å². The van der Waals surface area contributed by atoms with Crippen LogP contribution < -0.4 is 5.32 Å². The highest BCUT2D eigenvalue weighted by Crippen LogP contribution is 2.37. The van der Waals surface area contributed by atoms with Gasteiger partial charge in [0, 0.05) is 30.4 Å². The smallest absolute Gasteiger partial charge is 0.0346 e. The Morgan fingerprint density at radius 3 is 2.89 bits per heavy atom. The Bertz CT molecular complexity index is 569. The zero-order chi connectivity index (χ0) is 13.3. The second-order valence-electron chi connectivity index (χ2n) is 6.50. The summed E-state index contributed by atoms with van der Waals surface area (Å²) in [5, 5.41) is 6.26. The molecule has 2 aromatic rings. The first-order valence-electron chi connectivity index (χ1n) is 7.19. The van der Waals surface area contributed by atoms with Crippen molar-refractivity contribution in [3.63, 3.8) is 0 Å². The van der Waals surface area contributed by atoms with Crippen molar-refractivity contribution in [3.05, 3.63) is 42.2 Å². The van der Waals surface area contributed by atoms with Crippen LogP contribution in [0.2, 0.25) is 0 Å². The second kappa shape index (κ2) is 4.93. The Hall–Kier alpha value is -1.41. The first-order valence-corrected chi connectivity index (χ1v) is 7.19. The van der Waals surface area contributed by atoms with Gasteiger partial charge in [-0.3, -0.25) is 4.98 Å². The summed E-state index contributed by atoms with van der Waals surface area (Å²) in [4.78, 5) is 4.35. The molecule has 0 amide bonds. The van der Waals surface area contributed by atoms with Crippen LogP contribution in [0.15, 0.2) is 36.7 Å². The topological polar surface area (TPSA) is 24.9 Å². The average Bonchev–Trinajstić information content (AvgIpc) is 2.76. The van der Waals surface area contributed by atoms with E-state index in [0.717, 1.165) is 6.54 Å². The fraction of sp³-hybridized carbons (Fsp3) is 0.471. The van der Waals surface area contributed by atoms with Crippen LogP contribution in [0, 0.1) is 5.41 Å². The zero-order valence-corrected chi connectivity index (χ0v) is 11.8. The van der Waals surface area contributed by atoms with Crippen LogP contribution in [0.25, 0.3) is 10.8 Å². The molecule has 1 atom stereocenters. The van der Waals surface area contributed by atoms with E-state index >= 15 is 0 Å². The Labute approximate surface area is 115 Å². The summed E-state index contributed by atoms with van der Waals surface area (Å²) < 4.78 is 0. The van der Waals surface area contributed by atoms with Gasteiger partial charge in [-0.2, -0.15) is 0 Å². The Morgan fingerprint density at radius 2 is 2.11 bits per heavy atom. The van der Waals surface area contributed by atoms with E-state index in [9.17, 15) is 0 Å². The normalized spacial score (nSPS) is 21.9. The van der Waals surface area contributed by atoms with Crippen molar-refractivity contribution in [1.82, 2.24) is 10.3 Å².